The second kappa shape index (κ2) is 2.17. The van der Waals surface area contributed by atoms with Crippen LogP contribution in [0.25, 0.3) is 0 Å². The minimum atomic E-state index is -0.447. The van der Waals surface area contributed by atoms with Gasteiger partial charge in [0.25, 0.3) is 0 Å². The summed E-state index contributed by atoms with van der Waals surface area (Å²) in [7, 11) is 0. The van der Waals surface area contributed by atoms with E-state index in [0.29, 0.717) is 5.69 Å². The minimum Gasteiger partial charge on any atom is -0.397 e. The van der Waals surface area contributed by atoms with E-state index < -0.39 is 5.82 Å². The molecule has 0 heterocycles. The standard InChI is InChI=1S/C7H9FN2/c1-4-2-5(8)7(10)6(9)3-4/h2-3H,9-10H2,1H3. The molecule has 0 spiro atoms. The van der Waals surface area contributed by atoms with Crippen molar-refractivity contribution >= 4 is 11.4 Å². The first-order valence-electron chi connectivity index (χ1n) is 2.92. The molecule has 2 nitrogen and oxygen atoms in total. The predicted octanol–water partition coefficient (Wildman–Crippen LogP) is 1.30. The fourth-order valence-electron chi connectivity index (χ4n) is 0.780. The van der Waals surface area contributed by atoms with E-state index >= 15 is 0 Å². The Bertz CT molecular complexity index is 235. The Hall–Kier alpha value is -1.25. The molecule has 0 saturated heterocycles. The summed E-state index contributed by atoms with van der Waals surface area (Å²) in [5, 5.41) is 0. The number of nitrogen functional groups attached to an aromatic ring is 2. The lowest BCUT2D eigenvalue weighted by molar-refractivity contribution is 0.632. The van der Waals surface area contributed by atoms with Crippen molar-refractivity contribution in [3.8, 4) is 0 Å². The lowest BCUT2D eigenvalue weighted by atomic mass is 10.2. The van der Waals surface area contributed by atoms with Crippen LogP contribution in [0.2, 0.25) is 0 Å². The molecule has 0 atom stereocenters. The number of hydrogen-bond donors (Lipinski definition) is 2. The highest BCUT2D eigenvalue weighted by Crippen LogP contribution is 2.19. The van der Waals surface area contributed by atoms with Gasteiger partial charge in [-0.2, -0.15) is 0 Å². The van der Waals surface area contributed by atoms with Gasteiger partial charge in [0.05, 0.1) is 11.4 Å². The molecule has 0 bridgehead atoms. The number of halogens is 1. The number of rotatable bonds is 0. The predicted molar refractivity (Wildman–Crippen MR) is 40.0 cm³/mol. The summed E-state index contributed by atoms with van der Waals surface area (Å²) >= 11 is 0. The molecular formula is C7H9FN2. The number of nitrogens with two attached hydrogens (primary N) is 2. The number of aryl methyl sites for hydroxylation is 1. The molecule has 0 aliphatic heterocycles. The van der Waals surface area contributed by atoms with Gasteiger partial charge in [0.15, 0.2) is 0 Å². The van der Waals surface area contributed by atoms with Crippen molar-refractivity contribution in [3.63, 3.8) is 0 Å². The van der Waals surface area contributed by atoms with Gasteiger partial charge in [-0.05, 0) is 24.6 Å². The zero-order chi connectivity index (χ0) is 7.72. The summed E-state index contributed by atoms with van der Waals surface area (Å²) in [6.45, 7) is 1.76. The maximum atomic E-state index is 12.6. The van der Waals surface area contributed by atoms with Crippen molar-refractivity contribution in [2.45, 2.75) is 6.92 Å². The highest BCUT2D eigenvalue weighted by atomic mass is 19.1. The van der Waals surface area contributed by atoms with E-state index in [4.69, 9.17) is 11.5 Å². The van der Waals surface area contributed by atoms with Crippen LogP contribution in [0.3, 0.4) is 0 Å². The summed E-state index contributed by atoms with van der Waals surface area (Å²) in [6, 6.07) is 2.99. The molecule has 1 aromatic carbocycles. The quantitative estimate of drug-likeness (QED) is 0.533. The highest BCUT2D eigenvalue weighted by Gasteiger charge is 2.01. The second-order valence-electron chi connectivity index (χ2n) is 2.25. The van der Waals surface area contributed by atoms with Crippen LogP contribution in [0.5, 0.6) is 0 Å². The Kier molecular flexibility index (Phi) is 1.49. The van der Waals surface area contributed by atoms with Gasteiger partial charge in [0, 0.05) is 0 Å². The number of hydrogen-bond acceptors (Lipinski definition) is 2. The zero-order valence-corrected chi connectivity index (χ0v) is 5.69. The summed E-state index contributed by atoms with van der Waals surface area (Å²) in [5.74, 6) is -0.447. The van der Waals surface area contributed by atoms with Gasteiger partial charge in [0.2, 0.25) is 0 Å². The van der Waals surface area contributed by atoms with Crippen molar-refractivity contribution < 1.29 is 4.39 Å². The Morgan fingerprint density at radius 3 is 2.40 bits per heavy atom. The van der Waals surface area contributed by atoms with Crippen LogP contribution >= 0.6 is 0 Å². The van der Waals surface area contributed by atoms with E-state index in [0.717, 1.165) is 5.56 Å². The van der Waals surface area contributed by atoms with E-state index in [-0.39, 0.29) is 5.69 Å². The molecule has 0 radical (unpaired) electrons. The topological polar surface area (TPSA) is 52.0 Å². The smallest absolute Gasteiger partial charge is 0.148 e. The van der Waals surface area contributed by atoms with E-state index in [2.05, 4.69) is 0 Å². The van der Waals surface area contributed by atoms with E-state index in [1.165, 1.54) is 6.07 Å². The lowest BCUT2D eigenvalue weighted by Crippen LogP contribution is -1.98. The van der Waals surface area contributed by atoms with Gasteiger partial charge < -0.3 is 11.5 Å². The Morgan fingerprint density at radius 1 is 1.30 bits per heavy atom. The van der Waals surface area contributed by atoms with Crippen molar-refractivity contribution in [3.05, 3.63) is 23.5 Å². The Labute approximate surface area is 58.6 Å². The van der Waals surface area contributed by atoms with Crippen LogP contribution in [0.1, 0.15) is 5.56 Å². The molecule has 0 aliphatic rings. The summed E-state index contributed by atoms with van der Waals surface area (Å²) < 4.78 is 12.6. The SMILES string of the molecule is Cc1cc(N)c(N)c(F)c1. The van der Waals surface area contributed by atoms with Crippen molar-refractivity contribution in [2.75, 3.05) is 11.5 Å². The minimum absolute atomic E-state index is 0.0330. The molecule has 4 N–H and O–H groups in total. The summed E-state index contributed by atoms with van der Waals surface area (Å²) in [5.41, 5.74) is 11.7. The zero-order valence-electron chi connectivity index (χ0n) is 5.69. The molecule has 10 heavy (non-hydrogen) atoms. The number of benzene rings is 1. The molecule has 0 aromatic heterocycles. The molecule has 1 aromatic rings. The fraction of sp³-hybridized carbons (Fsp3) is 0.143. The van der Waals surface area contributed by atoms with Gasteiger partial charge in [0.1, 0.15) is 5.82 Å². The molecule has 0 unspecified atom stereocenters. The van der Waals surface area contributed by atoms with Crippen molar-refractivity contribution in [1.82, 2.24) is 0 Å². The summed E-state index contributed by atoms with van der Waals surface area (Å²) in [6.07, 6.45) is 0. The average molecular weight is 140 g/mol. The van der Waals surface area contributed by atoms with Crippen LogP contribution in [0, 0.1) is 12.7 Å². The highest BCUT2D eigenvalue weighted by molar-refractivity contribution is 5.64. The van der Waals surface area contributed by atoms with E-state index in [9.17, 15) is 4.39 Å². The first-order chi connectivity index (χ1) is 4.61. The molecule has 0 aliphatic carbocycles. The monoisotopic (exact) mass is 140 g/mol. The molecule has 0 fully saturated rings. The van der Waals surface area contributed by atoms with Crippen LogP contribution in [-0.2, 0) is 0 Å². The molecule has 54 valence electrons. The first kappa shape index (κ1) is 6.86. The van der Waals surface area contributed by atoms with Crippen molar-refractivity contribution in [2.24, 2.45) is 0 Å². The molecule has 0 amide bonds. The van der Waals surface area contributed by atoms with Crippen LogP contribution < -0.4 is 11.5 Å². The summed E-state index contributed by atoms with van der Waals surface area (Å²) in [4.78, 5) is 0. The Balaban J connectivity index is 3.31. The number of anilines is 2. The van der Waals surface area contributed by atoms with Crippen LogP contribution in [0.15, 0.2) is 12.1 Å². The normalized spacial score (nSPS) is 9.80. The Morgan fingerprint density at radius 2 is 1.90 bits per heavy atom. The molecule has 0 saturated carbocycles. The van der Waals surface area contributed by atoms with E-state index in [1.807, 2.05) is 0 Å². The third-order valence-corrected chi connectivity index (χ3v) is 1.31. The van der Waals surface area contributed by atoms with Crippen LogP contribution in [0.4, 0.5) is 15.8 Å². The second-order valence-corrected chi connectivity index (χ2v) is 2.25. The lowest BCUT2D eigenvalue weighted by Gasteiger charge is -2.01. The molecule has 3 heteroatoms. The average Bonchev–Trinajstić information content (AvgIpc) is 1.82. The van der Waals surface area contributed by atoms with Crippen molar-refractivity contribution in [1.29, 1.82) is 0 Å². The first-order valence-corrected chi connectivity index (χ1v) is 2.92. The van der Waals surface area contributed by atoms with Gasteiger partial charge in [-0.3, -0.25) is 0 Å². The fourth-order valence-corrected chi connectivity index (χ4v) is 0.780. The molecular weight excluding hydrogens is 131 g/mol. The van der Waals surface area contributed by atoms with Crippen LogP contribution in [-0.4, -0.2) is 0 Å². The third kappa shape index (κ3) is 1.03. The maximum Gasteiger partial charge on any atom is 0.148 e. The maximum absolute atomic E-state index is 12.6. The van der Waals surface area contributed by atoms with Gasteiger partial charge in [-0.15, -0.1) is 0 Å². The van der Waals surface area contributed by atoms with Gasteiger partial charge in [-0.1, -0.05) is 0 Å². The van der Waals surface area contributed by atoms with Gasteiger partial charge >= 0.3 is 0 Å². The van der Waals surface area contributed by atoms with Gasteiger partial charge in [-0.25, -0.2) is 4.39 Å². The largest absolute Gasteiger partial charge is 0.397 e. The third-order valence-electron chi connectivity index (χ3n) is 1.31. The molecule has 1 rings (SSSR count). The van der Waals surface area contributed by atoms with E-state index in [1.54, 1.807) is 13.0 Å².